The summed E-state index contributed by atoms with van der Waals surface area (Å²) >= 11 is 0. The number of carboxylic acids is 1. The Kier molecular flexibility index (Phi) is 5.45. The lowest BCUT2D eigenvalue weighted by molar-refractivity contribution is -0.124. The van der Waals surface area contributed by atoms with E-state index < -0.39 is 5.97 Å². The van der Waals surface area contributed by atoms with Crippen LogP contribution in [0.2, 0.25) is 0 Å². The van der Waals surface area contributed by atoms with E-state index in [2.05, 4.69) is 26.1 Å². The molecule has 0 aliphatic heterocycles. The zero-order valence-electron chi connectivity index (χ0n) is 14.4. The average Bonchev–Trinajstić information content (AvgIpc) is 2.48. The van der Waals surface area contributed by atoms with Gasteiger partial charge in [-0.1, -0.05) is 27.2 Å². The van der Waals surface area contributed by atoms with E-state index in [9.17, 15) is 9.59 Å². The van der Waals surface area contributed by atoms with E-state index in [-0.39, 0.29) is 17.4 Å². The predicted molar refractivity (Wildman–Crippen MR) is 91.6 cm³/mol. The summed E-state index contributed by atoms with van der Waals surface area (Å²) in [5.74, 6) is 0.653. The van der Waals surface area contributed by atoms with Gasteiger partial charge in [-0.05, 0) is 61.3 Å². The molecule has 1 aliphatic carbocycles. The van der Waals surface area contributed by atoms with Crippen molar-refractivity contribution in [2.45, 2.75) is 47.0 Å². The first-order valence-corrected chi connectivity index (χ1v) is 8.44. The number of aromatic carboxylic acids is 1. The third-order valence-electron chi connectivity index (χ3n) is 5.09. The summed E-state index contributed by atoms with van der Waals surface area (Å²) in [7, 11) is 0. The van der Waals surface area contributed by atoms with E-state index in [1.165, 1.54) is 12.5 Å². The maximum absolute atomic E-state index is 12.8. The van der Waals surface area contributed by atoms with Crippen molar-refractivity contribution in [3.05, 3.63) is 29.3 Å². The summed E-state index contributed by atoms with van der Waals surface area (Å²) in [6, 6.07) is 4.82. The third kappa shape index (κ3) is 4.12. The van der Waals surface area contributed by atoms with Gasteiger partial charge < -0.3 is 10.4 Å². The number of anilines is 1. The van der Waals surface area contributed by atoms with Crippen LogP contribution in [0.4, 0.5) is 5.69 Å². The van der Waals surface area contributed by atoms with Gasteiger partial charge in [-0.3, -0.25) is 4.79 Å². The Morgan fingerprint density at radius 1 is 1.26 bits per heavy atom. The van der Waals surface area contributed by atoms with Crippen LogP contribution in [0.1, 0.15) is 56.0 Å². The number of nitrogens with one attached hydrogen (secondary N) is 1. The average molecular weight is 317 g/mol. The first-order valence-electron chi connectivity index (χ1n) is 8.44. The molecule has 1 aliphatic rings. The highest BCUT2D eigenvalue weighted by Gasteiger charge is 2.35. The molecule has 2 rings (SSSR count). The number of rotatable bonds is 4. The Morgan fingerprint density at radius 3 is 2.52 bits per heavy atom. The molecule has 3 atom stereocenters. The van der Waals surface area contributed by atoms with E-state index in [4.69, 9.17) is 5.11 Å². The molecule has 0 bridgehead atoms. The molecule has 0 aromatic heterocycles. The number of hydrogen-bond donors (Lipinski definition) is 2. The minimum Gasteiger partial charge on any atom is -0.478 e. The van der Waals surface area contributed by atoms with Crippen LogP contribution in [-0.2, 0) is 4.79 Å². The van der Waals surface area contributed by atoms with Gasteiger partial charge in [0, 0.05) is 11.6 Å². The van der Waals surface area contributed by atoms with Crippen molar-refractivity contribution >= 4 is 17.6 Å². The van der Waals surface area contributed by atoms with Gasteiger partial charge in [0.15, 0.2) is 0 Å². The monoisotopic (exact) mass is 317 g/mol. The summed E-state index contributed by atoms with van der Waals surface area (Å²) in [6.45, 7) is 8.41. The van der Waals surface area contributed by atoms with Crippen molar-refractivity contribution < 1.29 is 14.7 Å². The van der Waals surface area contributed by atoms with Gasteiger partial charge in [0.05, 0.1) is 5.56 Å². The number of carbonyl (C=O) groups excluding carboxylic acids is 1. The molecule has 1 aromatic carbocycles. The Hall–Kier alpha value is -1.84. The quantitative estimate of drug-likeness (QED) is 0.868. The van der Waals surface area contributed by atoms with E-state index in [1.807, 2.05) is 6.92 Å². The summed E-state index contributed by atoms with van der Waals surface area (Å²) < 4.78 is 0. The number of hydrogen-bond acceptors (Lipinski definition) is 2. The minimum atomic E-state index is -0.952. The van der Waals surface area contributed by atoms with Crippen LogP contribution in [0.5, 0.6) is 0 Å². The minimum absolute atomic E-state index is 0.0392. The number of benzene rings is 1. The first-order chi connectivity index (χ1) is 10.8. The highest BCUT2D eigenvalue weighted by atomic mass is 16.4. The van der Waals surface area contributed by atoms with Crippen LogP contribution in [0.3, 0.4) is 0 Å². The fourth-order valence-corrected chi connectivity index (χ4v) is 3.67. The van der Waals surface area contributed by atoms with Gasteiger partial charge in [0.1, 0.15) is 0 Å². The number of carbonyl (C=O) groups is 2. The number of aryl methyl sites for hydroxylation is 1. The lowest BCUT2D eigenvalue weighted by Gasteiger charge is -2.36. The summed E-state index contributed by atoms with van der Waals surface area (Å²) in [5.41, 5.74) is 1.73. The van der Waals surface area contributed by atoms with Crippen LogP contribution < -0.4 is 5.32 Å². The molecule has 4 nitrogen and oxygen atoms in total. The van der Waals surface area contributed by atoms with Crippen molar-refractivity contribution in [3.8, 4) is 0 Å². The third-order valence-corrected chi connectivity index (χ3v) is 5.09. The van der Waals surface area contributed by atoms with Gasteiger partial charge in [0.2, 0.25) is 5.91 Å². The second-order valence-corrected chi connectivity index (χ2v) is 7.26. The smallest absolute Gasteiger partial charge is 0.335 e. The van der Waals surface area contributed by atoms with Crippen LogP contribution in [-0.4, -0.2) is 17.0 Å². The van der Waals surface area contributed by atoms with Crippen LogP contribution in [0.15, 0.2) is 18.2 Å². The predicted octanol–water partition coefficient (Wildman–Crippen LogP) is 4.34. The standard InChI is InChI=1S/C19H27NO3/c1-11(2)15-7-5-12(3)9-16(15)18(21)20-17-8-6-14(19(22)23)10-13(17)4/h6,8,10-12,15-16H,5,7,9H2,1-4H3,(H,20,21)(H,22,23)/t12-,15+,16-/m1/s1. The molecule has 0 unspecified atom stereocenters. The fraction of sp³-hybridized carbons (Fsp3) is 0.579. The molecule has 0 spiro atoms. The Balaban J connectivity index is 2.15. The summed E-state index contributed by atoms with van der Waals surface area (Å²) in [6.07, 6.45) is 3.23. The van der Waals surface area contributed by atoms with Gasteiger partial charge >= 0.3 is 5.97 Å². The van der Waals surface area contributed by atoms with E-state index in [0.29, 0.717) is 23.4 Å². The zero-order valence-corrected chi connectivity index (χ0v) is 14.4. The van der Waals surface area contributed by atoms with Gasteiger partial charge in [-0.15, -0.1) is 0 Å². The fourth-order valence-electron chi connectivity index (χ4n) is 3.67. The first kappa shape index (κ1) is 17.5. The molecule has 4 heteroatoms. The Bertz CT molecular complexity index is 594. The molecule has 0 heterocycles. The molecule has 23 heavy (non-hydrogen) atoms. The second kappa shape index (κ2) is 7.16. The Labute approximate surface area is 138 Å². The maximum atomic E-state index is 12.8. The van der Waals surface area contributed by atoms with Crippen molar-refractivity contribution in [2.24, 2.45) is 23.7 Å². The van der Waals surface area contributed by atoms with Gasteiger partial charge in [-0.25, -0.2) is 4.79 Å². The molecule has 1 saturated carbocycles. The molecule has 126 valence electrons. The lowest BCUT2D eigenvalue weighted by Crippen LogP contribution is -2.36. The van der Waals surface area contributed by atoms with E-state index in [0.717, 1.165) is 18.4 Å². The van der Waals surface area contributed by atoms with Crippen molar-refractivity contribution in [2.75, 3.05) is 5.32 Å². The normalized spacial score (nSPS) is 24.5. The highest BCUT2D eigenvalue weighted by molar-refractivity contribution is 5.95. The van der Waals surface area contributed by atoms with E-state index in [1.54, 1.807) is 12.1 Å². The SMILES string of the molecule is Cc1cc(C(=O)O)ccc1NC(=O)[C@@H]1C[C@H](C)CC[C@H]1C(C)C. The summed E-state index contributed by atoms with van der Waals surface area (Å²) in [5, 5.41) is 12.0. The number of carboxylic acid groups (broad SMARTS) is 1. The van der Waals surface area contributed by atoms with Crippen molar-refractivity contribution in [1.29, 1.82) is 0 Å². The molecular formula is C19H27NO3. The van der Waals surface area contributed by atoms with Crippen LogP contribution in [0.25, 0.3) is 0 Å². The van der Waals surface area contributed by atoms with E-state index >= 15 is 0 Å². The molecule has 1 aromatic rings. The number of amides is 1. The second-order valence-electron chi connectivity index (χ2n) is 7.26. The van der Waals surface area contributed by atoms with Gasteiger partial charge in [0.25, 0.3) is 0 Å². The molecule has 2 N–H and O–H groups in total. The molecule has 0 saturated heterocycles. The zero-order chi connectivity index (χ0) is 17.1. The van der Waals surface area contributed by atoms with Gasteiger partial charge in [-0.2, -0.15) is 0 Å². The lowest BCUT2D eigenvalue weighted by atomic mass is 9.70. The van der Waals surface area contributed by atoms with Crippen molar-refractivity contribution in [3.63, 3.8) is 0 Å². The maximum Gasteiger partial charge on any atom is 0.335 e. The Morgan fingerprint density at radius 2 is 1.96 bits per heavy atom. The summed E-state index contributed by atoms with van der Waals surface area (Å²) in [4.78, 5) is 23.8. The highest BCUT2D eigenvalue weighted by Crippen LogP contribution is 2.38. The largest absolute Gasteiger partial charge is 0.478 e. The van der Waals surface area contributed by atoms with Crippen molar-refractivity contribution in [1.82, 2.24) is 0 Å². The molecule has 0 radical (unpaired) electrons. The van der Waals surface area contributed by atoms with Crippen LogP contribution in [0, 0.1) is 30.6 Å². The molecule has 1 amide bonds. The topological polar surface area (TPSA) is 66.4 Å². The van der Waals surface area contributed by atoms with Crippen LogP contribution >= 0.6 is 0 Å². The molecular weight excluding hydrogens is 290 g/mol. The molecule has 1 fully saturated rings.